The largest absolute Gasteiger partial charge is 0.494 e. The summed E-state index contributed by atoms with van der Waals surface area (Å²) in [5.41, 5.74) is 2.25. The minimum absolute atomic E-state index is 0.0961. The van der Waals surface area contributed by atoms with Gasteiger partial charge in [0.05, 0.1) is 34.7 Å². The van der Waals surface area contributed by atoms with Crippen molar-refractivity contribution in [2.45, 2.75) is 51.3 Å². The summed E-state index contributed by atoms with van der Waals surface area (Å²) in [6.45, 7) is 7.67. The molecule has 0 radical (unpaired) electrons. The second kappa shape index (κ2) is 8.90. The van der Waals surface area contributed by atoms with Gasteiger partial charge in [0.15, 0.2) is 0 Å². The van der Waals surface area contributed by atoms with Crippen molar-refractivity contribution in [3.8, 4) is 5.75 Å². The molecule has 182 valence electrons. The summed E-state index contributed by atoms with van der Waals surface area (Å²) in [7, 11) is -3.87. The maximum atomic E-state index is 14.1. The van der Waals surface area contributed by atoms with Gasteiger partial charge in [-0.3, -0.25) is 4.79 Å². The van der Waals surface area contributed by atoms with Gasteiger partial charge < -0.3 is 9.64 Å². The minimum Gasteiger partial charge on any atom is -0.494 e. The number of halogens is 1. The number of ether oxygens (including phenoxy) is 1. The number of benzene rings is 1. The second-order valence-electron chi connectivity index (χ2n) is 9.29. The molecular weight excluding hydrogens is 459 g/mol. The molecule has 0 bridgehead atoms. The average Bonchev–Trinajstić information content (AvgIpc) is 3.40. The van der Waals surface area contributed by atoms with Crippen molar-refractivity contribution in [1.29, 1.82) is 0 Å². The Morgan fingerprint density at radius 1 is 1.26 bits per heavy atom. The van der Waals surface area contributed by atoms with E-state index in [1.807, 2.05) is 19.1 Å². The van der Waals surface area contributed by atoms with E-state index < -0.39 is 20.7 Å². The van der Waals surface area contributed by atoms with Gasteiger partial charge in [0, 0.05) is 24.0 Å². The average molecular weight is 489 g/mol. The number of sulfonamides is 1. The van der Waals surface area contributed by atoms with E-state index in [2.05, 4.69) is 14.7 Å². The van der Waals surface area contributed by atoms with Crippen LogP contribution in [0.1, 0.15) is 62.5 Å². The van der Waals surface area contributed by atoms with Crippen LogP contribution in [0, 0.1) is 5.82 Å². The first-order valence-electron chi connectivity index (χ1n) is 11.2. The Morgan fingerprint density at radius 2 is 2.03 bits per heavy atom. The van der Waals surface area contributed by atoms with E-state index in [-0.39, 0.29) is 17.4 Å². The summed E-state index contributed by atoms with van der Waals surface area (Å²) >= 11 is 0. The molecule has 3 aromatic rings. The van der Waals surface area contributed by atoms with Crippen molar-refractivity contribution in [2.75, 3.05) is 18.1 Å². The van der Waals surface area contributed by atoms with Crippen LogP contribution >= 0.6 is 0 Å². The van der Waals surface area contributed by atoms with Gasteiger partial charge in [0.1, 0.15) is 11.6 Å². The number of rotatable bonds is 6. The predicted octanol–water partition coefficient (Wildman–Crippen LogP) is 4.07. The van der Waals surface area contributed by atoms with Gasteiger partial charge in [-0.05, 0) is 70.9 Å². The third-order valence-electron chi connectivity index (χ3n) is 6.00. The zero-order chi connectivity index (χ0) is 24.7. The van der Waals surface area contributed by atoms with Crippen molar-refractivity contribution >= 4 is 27.1 Å². The lowest BCUT2D eigenvalue weighted by molar-refractivity contribution is 0.0982. The minimum atomic E-state index is -3.87. The van der Waals surface area contributed by atoms with E-state index in [1.165, 1.54) is 43.6 Å². The van der Waals surface area contributed by atoms with Crippen LogP contribution in [0.15, 0.2) is 42.7 Å². The highest BCUT2D eigenvalue weighted by Crippen LogP contribution is 2.40. The maximum absolute atomic E-state index is 14.1. The van der Waals surface area contributed by atoms with Crippen LogP contribution in [0.2, 0.25) is 0 Å². The second-order valence-corrected chi connectivity index (χ2v) is 11.7. The number of aromatic nitrogens is 2. The molecule has 1 aliphatic heterocycles. The number of carbonyl (C=O) groups excluding carboxylic acids is 1. The van der Waals surface area contributed by atoms with Crippen molar-refractivity contribution in [1.82, 2.24) is 14.3 Å². The summed E-state index contributed by atoms with van der Waals surface area (Å²) in [5, 5.41) is 4.20. The molecule has 0 aliphatic carbocycles. The van der Waals surface area contributed by atoms with Crippen LogP contribution in [-0.4, -0.2) is 41.8 Å². The molecule has 0 spiro atoms. The SMILES string of the molecule is CCOc1ccc(F)cc1C1CCCN1c1ccn2ncc(C(=O)NS(=O)(=O)C(C)(C)C)c2c1. The van der Waals surface area contributed by atoms with Gasteiger partial charge in [0.25, 0.3) is 5.91 Å². The van der Waals surface area contributed by atoms with Crippen molar-refractivity contribution in [3.05, 3.63) is 59.7 Å². The molecule has 8 nitrogen and oxygen atoms in total. The summed E-state index contributed by atoms with van der Waals surface area (Å²) in [4.78, 5) is 15.0. The Kier molecular flexibility index (Phi) is 6.28. The smallest absolute Gasteiger partial charge is 0.268 e. The molecule has 1 amide bonds. The highest BCUT2D eigenvalue weighted by molar-refractivity contribution is 7.91. The lowest BCUT2D eigenvalue weighted by Crippen LogP contribution is -2.42. The topological polar surface area (TPSA) is 93.0 Å². The molecule has 34 heavy (non-hydrogen) atoms. The van der Waals surface area contributed by atoms with E-state index in [1.54, 1.807) is 12.3 Å². The zero-order valence-corrected chi connectivity index (χ0v) is 20.5. The van der Waals surface area contributed by atoms with Crippen LogP contribution in [-0.2, 0) is 10.0 Å². The Bertz CT molecular complexity index is 1330. The third-order valence-corrected chi connectivity index (χ3v) is 8.06. The fourth-order valence-electron chi connectivity index (χ4n) is 4.12. The van der Waals surface area contributed by atoms with Gasteiger partial charge in [0.2, 0.25) is 10.0 Å². The normalized spacial score (nSPS) is 16.7. The molecular formula is C24H29FN4O4S. The molecule has 1 N–H and O–H groups in total. The molecule has 1 aliphatic rings. The van der Waals surface area contributed by atoms with Gasteiger partial charge in [-0.1, -0.05) is 0 Å². The van der Waals surface area contributed by atoms with Crippen molar-refractivity contribution in [2.24, 2.45) is 0 Å². The number of hydrogen-bond acceptors (Lipinski definition) is 6. The molecule has 10 heteroatoms. The molecule has 3 heterocycles. The van der Waals surface area contributed by atoms with Crippen molar-refractivity contribution in [3.63, 3.8) is 0 Å². The number of nitrogens with zero attached hydrogens (tertiary/aromatic N) is 3. The Morgan fingerprint density at radius 3 is 2.74 bits per heavy atom. The molecule has 1 saturated heterocycles. The number of anilines is 1. The number of nitrogens with one attached hydrogen (secondary N) is 1. The van der Waals surface area contributed by atoms with Crippen molar-refractivity contribution < 1.29 is 22.3 Å². The molecule has 0 saturated carbocycles. The van der Waals surface area contributed by atoms with E-state index in [9.17, 15) is 17.6 Å². The monoisotopic (exact) mass is 488 g/mol. The third kappa shape index (κ3) is 4.46. The standard InChI is InChI=1S/C24H29FN4O4S/c1-5-33-22-9-8-16(25)13-18(22)20-7-6-11-28(20)17-10-12-29-21(14-17)19(15-26-29)23(30)27-34(31,32)24(2,3)4/h8-10,12-15,20H,5-7,11H2,1-4H3,(H,27,30). The van der Waals surface area contributed by atoms with Crippen LogP contribution < -0.4 is 14.4 Å². The van der Waals surface area contributed by atoms with E-state index in [4.69, 9.17) is 4.74 Å². The number of pyridine rings is 1. The van der Waals surface area contributed by atoms with Gasteiger partial charge in [-0.25, -0.2) is 22.0 Å². The predicted molar refractivity (Wildman–Crippen MR) is 128 cm³/mol. The lowest BCUT2D eigenvalue weighted by Gasteiger charge is -2.28. The summed E-state index contributed by atoms with van der Waals surface area (Å²) in [5.74, 6) is -0.405. The zero-order valence-electron chi connectivity index (χ0n) is 19.7. The van der Waals surface area contributed by atoms with E-state index >= 15 is 0 Å². The lowest BCUT2D eigenvalue weighted by atomic mass is 10.0. The first-order valence-corrected chi connectivity index (χ1v) is 12.7. The molecule has 1 unspecified atom stereocenters. The quantitative estimate of drug-likeness (QED) is 0.562. The van der Waals surface area contributed by atoms with Gasteiger partial charge in [-0.2, -0.15) is 5.10 Å². The fraction of sp³-hybridized carbons (Fsp3) is 0.417. The van der Waals surface area contributed by atoms with E-state index in [0.29, 0.717) is 17.9 Å². The number of fused-ring (bicyclic) bond motifs is 1. The summed E-state index contributed by atoms with van der Waals surface area (Å²) in [6, 6.07) is 8.16. The number of carbonyl (C=O) groups is 1. The summed E-state index contributed by atoms with van der Waals surface area (Å²) < 4.78 is 47.4. The highest BCUT2D eigenvalue weighted by atomic mass is 32.2. The number of amides is 1. The highest BCUT2D eigenvalue weighted by Gasteiger charge is 2.32. The molecule has 1 fully saturated rings. The number of hydrogen-bond donors (Lipinski definition) is 1. The first kappa shape index (κ1) is 24.0. The summed E-state index contributed by atoms with van der Waals surface area (Å²) in [6.07, 6.45) is 4.82. The Labute approximate surface area is 198 Å². The molecule has 2 aromatic heterocycles. The Hall–Kier alpha value is -3.14. The maximum Gasteiger partial charge on any atom is 0.268 e. The first-order chi connectivity index (χ1) is 16.0. The van der Waals surface area contributed by atoms with Crippen LogP contribution in [0.5, 0.6) is 5.75 Å². The van der Waals surface area contributed by atoms with Crippen LogP contribution in [0.4, 0.5) is 10.1 Å². The van der Waals surface area contributed by atoms with Crippen LogP contribution in [0.25, 0.3) is 5.52 Å². The molecule has 1 aromatic carbocycles. The molecule has 1 atom stereocenters. The van der Waals surface area contributed by atoms with Gasteiger partial charge in [-0.15, -0.1) is 0 Å². The van der Waals surface area contributed by atoms with Gasteiger partial charge >= 0.3 is 0 Å². The van der Waals surface area contributed by atoms with E-state index in [0.717, 1.165) is 30.6 Å². The fourth-order valence-corrected chi connectivity index (χ4v) is 4.78. The van der Waals surface area contributed by atoms with Crippen LogP contribution in [0.3, 0.4) is 0 Å². The molecule has 4 rings (SSSR count). The Balaban J connectivity index is 1.70.